The zero-order valence-corrected chi connectivity index (χ0v) is 12.5. The Labute approximate surface area is 135 Å². The third-order valence-electron chi connectivity index (χ3n) is 2.69. The number of amides is 1. The molecule has 114 valence electrons. The van der Waals surface area contributed by atoms with Gasteiger partial charge in [-0.05, 0) is 18.2 Å². The summed E-state index contributed by atoms with van der Waals surface area (Å²) in [5.41, 5.74) is 0.198. The molecule has 0 saturated heterocycles. The largest absolute Gasteiger partial charge is 0.297 e. The highest BCUT2D eigenvalue weighted by molar-refractivity contribution is 7.13. The van der Waals surface area contributed by atoms with E-state index in [4.69, 9.17) is 5.26 Å². The minimum Gasteiger partial charge on any atom is -0.297 e. The van der Waals surface area contributed by atoms with Gasteiger partial charge in [-0.1, -0.05) is 18.2 Å². The zero-order chi connectivity index (χ0) is 16.7. The molecule has 0 aliphatic heterocycles. The molecule has 0 fully saturated rings. The number of nitro benzene ring substituents is 1. The molecule has 0 atom stereocenters. The molecule has 0 aliphatic carbocycles. The molecule has 0 bridgehead atoms. The van der Waals surface area contributed by atoms with Gasteiger partial charge in [0, 0.05) is 17.6 Å². The van der Waals surface area contributed by atoms with Gasteiger partial charge in [-0.2, -0.15) is 5.26 Å². The van der Waals surface area contributed by atoms with Crippen LogP contribution in [0, 0.1) is 21.4 Å². The van der Waals surface area contributed by atoms with E-state index < -0.39 is 10.8 Å². The minimum absolute atomic E-state index is 0.0529. The third-order valence-corrected chi connectivity index (χ3v) is 3.38. The van der Waals surface area contributed by atoms with E-state index in [1.165, 1.54) is 41.8 Å². The number of thiazole rings is 1. The van der Waals surface area contributed by atoms with Gasteiger partial charge in [-0.3, -0.25) is 20.2 Å². The first-order valence-electron chi connectivity index (χ1n) is 6.34. The second-order valence-electron chi connectivity index (χ2n) is 4.16. The number of hydrogen-bond donors (Lipinski definition) is 1. The number of allylic oxidation sites excluding steroid dienone is 2. The Kier molecular flexibility index (Phi) is 5.33. The molecule has 1 heterocycles. The number of nitrogens with one attached hydrogen (secondary N) is 1. The highest BCUT2D eigenvalue weighted by Crippen LogP contribution is 2.19. The lowest BCUT2D eigenvalue weighted by atomic mass is 10.1. The van der Waals surface area contributed by atoms with Gasteiger partial charge < -0.3 is 0 Å². The molecular formula is C15H10N4O3S. The second-order valence-corrected chi connectivity index (χ2v) is 5.05. The number of nitriles is 1. The molecule has 0 saturated carbocycles. The summed E-state index contributed by atoms with van der Waals surface area (Å²) >= 11 is 1.23. The fourth-order valence-corrected chi connectivity index (χ4v) is 2.18. The summed E-state index contributed by atoms with van der Waals surface area (Å²) in [5, 5.41) is 24.5. The average Bonchev–Trinajstić information content (AvgIpc) is 3.04. The van der Waals surface area contributed by atoms with Crippen LogP contribution in [0.5, 0.6) is 0 Å². The van der Waals surface area contributed by atoms with Gasteiger partial charge >= 0.3 is 0 Å². The van der Waals surface area contributed by atoms with E-state index in [0.717, 1.165) is 0 Å². The Hall–Kier alpha value is -3.31. The fourth-order valence-electron chi connectivity index (χ4n) is 1.66. The lowest BCUT2D eigenvalue weighted by Gasteiger charge is -1.98. The summed E-state index contributed by atoms with van der Waals surface area (Å²) in [4.78, 5) is 26.2. The van der Waals surface area contributed by atoms with Crippen LogP contribution in [0.4, 0.5) is 10.8 Å². The van der Waals surface area contributed by atoms with E-state index in [2.05, 4.69) is 10.3 Å². The van der Waals surface area contributed by atoms with E-state index in [1.54, 1.807) is 29.6 Å². The monoisotopic (exact) mass is 326 g/mol. The molecule has 2 aromatic rings. The van der Waals surface area contributed by atoms with Crippen LogP contribution in [0.25, 0.3) is 6.08 Å². The van der Waals surface area contributed by atoms with Crippen molar-refractivity contribution in [1.29, 1.82) is 5.26 Å². The van der Waals surface area contributed by atoms with E-state index >= 15 is 0 Å². The lowest BCUT2D eigenvalue weighted by molar-refractivity contribution is -0.385. The van der Waals surface area contributed by atoms with Gasteiger partial charge in [0.1, 0.15) is 11.6 Å². The predicted molar refractivity (Wildman–Crippen MR) is 86.6 cm³/mol. The minimum atomic E-state index is -0.588. The van der Waals surface area contributed by atoms with Crippen molar-refractivity contribution in [2.24, 2.45) is 0 Å². The van der Waals surface area contributed by atoms with Gasteiger partial charge in [-0.15, -0.1) is 11.3 Å². The summed E-state index contributed by atoms with van der Waals surface area (Å²) in [5.74, 6) is -0.588. The second kappa shape index (κ2) is 7.63. The van der Waals surface area contributed by atoms with Crippen LogP contribution >= 0.6 is 11.3 Å². The van der Waals surface area contributed by atoms with Gasteiger partial charge in [0.2, 0.25) is 0 Å². The SMILES string of the molecule is N#CC(=CC=Cc1ccccc1[N+](=O)[O-])C(=O)Nc1nccs1. The van der Waals surface area contributed by atoms with Crippen LogP contribution in [0.15, 0.2) is 53.6 Å². The Morgan fingerprint density at radius 1 is 1.43 bits per heavy atom. The van der Waals surface area contributed by atoms with Crippen molar-refractivity contribution in [1.82, 2.24) is 4.98 Å². The molecule has 1 aromatic heterocycles. The van der Waals surface area contributed by atoms with Crippen LogP contribution in [-0.4, -0.2) is 15.8 Å². The molecule has 1 aromatic carbocycles. The van der Waals surface area contributed by atoms with Crippen molar-refractivity contribution in [3.8, 4) is 6.07 Å². The third kappa shape index (κ3) is 4.33. The molecule has 1 amide bonds. The number of aromatic nitrogens is 1. The van der Waals surface area contributed by atoms with E-state index in [1.807, 2.05) is 0 Å². The molecule has 2 rings (SSSR count). The number of benzene rings is 1. The van der Waals surface area contributed by atoms with Crippen molar-refractivity contribution in [3.63, 3.8) is 0 Å². The number of carbonyl (C=O) groups is 1. The number of anilines is 1. The summed E-state index contributed by atoms with van der Waals surface area (Å²) in [7, 11) is 0. The topological polar surface area (TPSA) is 109 Å². The van der Waals surface area contributed by atoms with Crippen molar-refractivity contribution in [2.75, 3.05) is 5.32 Å². The first-order valence-corrected chi connectivity index (χ1v) is 7.22. The summed E-state index contributed by atoms with van der Waals surface area (Å²) < 4.78 is 0. The number of para-hydroxylation sites is 1. The molecule has 8 heteroatoms. The first kappa shape index (κ1) is 16.1. The molecule has 0 unspecified atom stereocenters. The molecule has 0 radical (unpaired) electrons. The number of nitrogens with zero attached hydrogens (tertiary/aromatic N) is 3. The maximum Gasteiger partial charge on any atom is 0.276 e. The molecule has 0 aliphatic rings. The number of rotatable bonds is 5. The molecule has 0 spiro atoms. The maximum atomic E-state index is 11.9. The quantitative estimate of drug-likeness (QED) is 0.298. The summed E-state index contributed by atoms with van der Waals surface area (Å²) in [6.07, 6.45) is 5.71. The van der Waals surface area contributed by atoms with Crippen molar-refractivity contribution in [2.45, 2.75) is 0 Å². The average molecular weight is 326 g/mol. The van der Waals surface area contributed by atoms with Crippen LogP contribution in [0.1, 0.15) is 5.56 Å². The molecule has 23 heavy (non-hydrogen) atoms. The Bertz CT molecular complexity index is 819. The smallest absolute Gasteiger partial charge is 0.276 e. The number of carbonyl (C=O) groups excluding carboxylic acids is 1. The van der Waals surface area contributed by atoms with Crippen molar-refractivity contribution in [3.05, 3.63) is 69.2 Å². The van der Waals surface area contributed by atoms with Crippen molar-refractivity contribution >= 4 is 34.1 Å². The normalized spacial score (nSPS) is 11.2. The van der Waals surface area contributed by atoms with Gasteiger partial charge in [0.15, 0.2) is 5.13 Å². The molecular weight excluding hydrogens is 316 g/mol. The van der Waals surface area contributed by atoms with Crippen LogP contribution in [-0.2, 0) is 4.79 Å². The maximum absolute atomic E-state index is 11.9. The molecule has 1 N–H and O–H groups in total. The Morgan fingerprint density at radius 2 is 2.22 bits per heavy atom. The zero-order valence-electron chi connectivity index (χ0n) is 11.7. The highest BCUT2D eigenvalue weighted by atomic mass is 32.1. The summed E-state index contributed by atoms with van der Waals surface area (Å²) in [6, 6.07) is 7.96. The van der Waals surface area contributed by atoms with E-state index in [9.17, 15) is 14.9 Å². The molecule has 7 nitrogen and oxygen atoms in total. The van der Waals surface area contributed by atoms with E-state index in [0.29, 0.717) is 10.7 Å². The summed E-state index contributed by atoms with van der Waals surface area (Å²) in [6.45, 7) is 0. The fraction of sp³-hybridized carbons (Fsp3) is 0. The van der Waals surface area contributed by atoms with E-state index in [-0.39, 0.29) is 11.3 Å². The Balaban J connectivity index is 2.15. The van der Waals surface area contributed by atoms with Crippen LogP contribution in [0.2, 0.25) is 0 Å². The predicted octanol–water partition coefficient (Wildman–Crippen LogP) is 3.15. The lowest BCUT2D eigenvalue weighted by Crippen LogP contribution is -2.13. The van der Waals surface area contributed by atoms with Crippen molar-refractivity contribution < 1.29 is 9.72 Å². The number of hydrogen-bond acceptors (Lipinski definition) is 6. The number of nitro groups is 1. The Morgan fingerprint density at radius 3 is 2.87 bits per heavy atom. The standard InChI is InChI=1S/C15H10N4O3S/c16-10-12(14(20)18-15-17-8-9-23-15)6-3-5-11-4-1-2-7-13(11)19(21)22/h1-9H,(H,17,18,20). The van der Waals surface area contributed by atoms with Gasteiger partial charge in [0.25, 0.3) is 11.6 Å². The van der Waals surface area contributed by atoms with Gasteiger partial charge in [0.05, 0.1) is 10.5 Å². The van der Waals surface area contributed by atoms with Crippen LogP contribution < -0.4 is 5.32 Å². The van der Waals surface area contributed by atoms with Gasteiger partial charge in [-0.25, -0.2) is 4.98 Å². The van der Waals surface area contributed by atoms with Crippen LogP contribution in [0.3, 0.4) is 0 Å². The highest BCUT2D eigenvalue weighted by Gasteiger charge is 2.11. The first-order chi connectivity index (χ1) is 11.1.